The number of nitrogens with one attached hydrogen (secondary N) is 1. The van der Waals surface area contributed by atoms with Crippen LogP contribution in [0, 0.1) is 5.92 Å². The Bertz CT molecular complexity index is 605. The smallest absolute Gasteiger partial charge is 0.234 e. The summed E-state index contributed by atoms with van der Waals surface area (Å²) >= 11 is 3.35. The van der Waals surface area contributed by atoms with Crippen LogP contribution in [0.15, 0.2) is 34.1 Å². The van der Waals surface area contributed by atoms with Crippen LogP contribution in [0.3, 0.4) is 0 Å². The van der Waals surface area contributed by atoms with E-state index in [9.17, 15) is 8.42 Å². The number of benzene rings is 1. The molecule has 0 fully saturated rings. The van der Waals surface area contributed by atoms with E-state index in [0.29, 0.717) is 12.3 Å². The molecule has 1 aromatic rings. The number of sulfonamides is 1. The van der Waals surface area contributed by atoms with Crippen molar-refractivity contribution in [3.8, 4) is 0 Å². The summed E-state index contributed by atoms with van der Waals surface area (Å²) in [4.78, 5) is 0. The monoisotopic (exact) mass is 410 g/mol. The summed E-state index contributed by atoms with van der Waals surface area (Å²) < 4.78 is 27.9. The van der Waals surface area contributed by atoms with E-state index in [1.54, 1.807) is 6.08 Å². The molecule has 1 atom stereocenters. The maximum Gasteiger partial charge on any atom is 0.234 e. The minimum atomic E-state index is -3.53. The van der Waals surface area contributed by atoms with Crippen molar-refractivity contribution in [2.45, 2.75) is 32.7 Å². The molecule has 0 spiro atoms. The van der Waals surface area contributed by atoms with E-state index in [-0.39, 0.29) is 19.0 Å². The standard InChI is InChI=1S/C15H23BrN2O2S.ClH/c1-12(2)10-15(3,11-17)18-21(19,20)8-7-13-5-4-6-14(16)9-13;/h4-9,12,18H,10-11,17H2,1-3H3;1H/b8-7+;. The minimum absolute atomic E-state index is 0. The zero-order valence-corrected chi connectivity index (χ0v) is 16.3. The lowest BCUT2D eigenvalue weighted by Crippen LogP contribution is -2.51. The van der Waals surface area contributed by atoms with Crippen LogP contribution in [0.4, 0.5) is 0 Å². The average Bonchev–Trinajstić information content (AvgIpc) is 2.35. The molecule has 0 aliphatic rings. The largest absolute Gasteiger partial charge is 0.329 e. The predicted molar refractivity (Wildman–Crippen MR) is 99.4 cm³/mol. The predicted octanol–water partition coefficient (Wildman–Crippen LogP) is 3.52. The maximum absolute atomic E-state index is 12.2. The van der Waals surface area contributed by atoms with Crippen molar-refractivity contribution < 1.29 is 8.42 Å². The van der Waals surface area contributed by atoms with Gasteiger partial charge in [-0.1, -0.05) is 41.9 Å². The fourth-order valence-corrected chi connectivity index (χ4v) is 3.90. The molecule has 1 rings (SSSR count). The van der Waals surface area contributed by atoms with Crippen molar-refractivity contribution in [3.05, 3.63) is 39.7 Å². The molecule has 0 bridgehead atoms. The Balaban J connectivity index is 0.00000441. The Morgan fingerprint density at radius 2 is 2.05 bits per heavy atom. The molecule has 7 heteroatoms. The van der Waals surface area contributed by atoms with Gasteiger partial charge in [-0.25, -0.2) is 13.1 Å². The molecule has 0 radical (unpaired) electrons. The third-order valence-corrected chi connectivity index (χ3v) is 4.75. The summed E-state index contributed by atoms with van der Waals surface area (Å²) in [6, 6.07) is 7.43. The highest BCUT2D eigenvalue weighted by atomic mass is 79.9. The molecule has 0 heterocycles. The van der Waals surface area contributed by atoms with E-state index in [4.69, 9.17) is 5.73 Å². The van der Waals surface area contributed by atoms with Gasteiger partial charge in [0.2, 0.25) is 10.0 Å². The Kier molecular flexibility index (Phi) is 8.87. The molecule has 4 nitrogen and oxygen atoms in total. The van der Waals surface area contributed by atoms with Crippen LogP contribution < -0.4 is 10.5 Å². The van der Waals surface area contributed by atoms with Crippen LogP contribution >= 0.6 is 28.3 Å². The molecule has 126 valence electrons. The van der Waals surface area contributed by atoms with E-state index in [1.165, 1.54) is 5.41 Å². The quantitative estimate of drug-likeness (QED) is 0.721. The molecule has 0 amide bonds. The maximum atomic E-state index is 12.2. The molecule has 0 saturated heterocycles. The molecule has 0 saturated carbocycles. The van der Waals surface area contributed by atoms with Crippen LogP contribution in [0.5, 0.6) is 0 Å². The first-order chi connectivity index (χ1) is 9.66. The normalized spacial score (nSPS) is 14.8. The van der Waals surface area contributed by atoms with Gasteiger partial charge in [0.25, 0.3) is 0 Å². The van der Waals surface area contributed by atoms with Crippen LogP contribution in [0.1, 0.15) is 32.8 Å². The summed E-state index contributed by atoms with van der Waals surface area (Å²) in [6.45, 7) is 6.17. The van der Waals surface area contributed by atoms with Gasteiger partial charge in [-0.15, -0.1) is 12.4 Å². The van der Waals surface area contributed by atoms with Crippen molar-refractivity contribution in [1.29, 1.82) is 0 Å². The number of halogens is 2. The van der Waals surface area contributed by atoms with Gasteiger partial charge in [0.05, 0.1) is 0 Å². The lowest BCUT2D eigenvalue weighted by atomic mass is 9.92. The van der Waals surface area contributed by atoms with E-state index in [0.717, 1.165) is 10.0 Å². The molecule has 3 N–H and O–H groups in total. The summed E-state index contributed by atoms with van der Waals surface area (Å²) in [5.74, 6) is 0.357. The minimum Gasteiger partial charge on any atom is -0.329 e. The van der Waals surface area contributed by atoms with Gasteiger partial charge in [0.15, 0.2) is 0 Å². The number of rotatable bonds is 7. The molecule has 0 aliphatic carbocycles. The second kappa shape index (κ2) is 9.03. The molecule has 0 aromatic heterocycles. The molecule has 22 heavy (non-hydrogen) atoms. The number of hydrogen-bond acceptors (Lipinski definition) is 3. The van der Waals surface area contributed by atoms with Crippen molar-refractivity contribution >= 4 is 44.4 Å². The summed E-state index contributed by atoms with van der Waals surface area (Å²) in [5.41, 5.74) is 5.92. The third kappa shape index (κ3) is 7.74. The zero-order chi connectivity index (χ0) is 16.1. The SMILES string of the molecule is CC(C)CC(C)(CN)NS(=O)(=O)/C=C/c1cccc(Br)c1.Cl. The zero-order valence-electron chi connectivity index (χ0n) is 13.0. The Morgan fingerprint density at radius 1 is 1.41 bits per heavy atom. The van der Waals surface area contributed by atoms with Crippen molar-refractivity contribution in [2.75, 3.05) is 6.54 Å². The Morgan fingerprint density at radius 3 is 2.55 bits per heavy atom. The lowest BCUT2D eigenvalue weighted by Gasteiger charge is -2.30. The number of nitrogens with two attached hydrogens (primary N) is 1. The topological polar surface area (TPSA) is 72.2 Å². The van der Waals surface area contributed by atoms with Gasteiger partial charge in [-0.3, -0.25) is 0 Å². The Labute approximate surface area is 148 Å². The summed E-state index contributed by atoms with van der Waals surface area (Å²) in [6.07, 6.45) is 2.26. The second-order valence-corrected chi connectivity index (χ2v) is 8.35. The average molecular weight is 412 g/mol. The summed E-state index contributed by atoms with van der Waals surface area (Å²) in [5, 5.41) is 1.18. The molecule has 1 aromatic carbocycles. The molecular weight excluding hydrogens is 388 g/mol. The highest BCUT2D eigenvalue weighted by molar-refractivity contribution is 9.10. The van der Waals surface area contributed by atoms with Crippen LogP contribution in [0.25, 0.3) is 6.08 Å². The lowest BCUT2D eigenvalue weighted by molar-refractivity contribution is 0.346. The fraction of sp³-hybridized carbons (Fsp3) is 0.467. The van der Waals surface area contributed by atoms with Gasteiger partial charge >= 0.3 is 0 Å². The van der Waals surface area contributed by atoms with Crippen LogP contribution in [-0.4, -0.2) is 20.5 Å². The van der Waals surface area contributed by atoms with E-state index in [2.05, 4.69) is 20.7 Å². The van der Waals surface area contributed by atoms with Crippen molar-refractivity contribution in [3.63, 3.8) is 0 Å². The van der Waals surface area contributed by atoms with E-state index < -0.39 is 15.6 Å². The van der Waals surface area contributed by atoms with Gasteiger partial charge in [0.1, 0.15) is 0 Å². The third-order valence-electron chi connectivity index (χ3n) is 2.99. The van der Waals surface area contributed by atoms with Crippen molar-refractivity contribution in [2.24, 2.45) is 11.7 Å². The fourth-order valence-electron chi connectivity index (χ4n) is 2.22. The molecular formula is C15H24BrClN2O2S. The molecule has 0 aliphatic heterocycles. The van der Waals surface area contributed by atoms with Crippen LogP contribution in [0.2, 0.25) is 0 Å². The highest BCUT2D eigenvalue weighted by Crippen LogP contribution is 2.18. The van der Waals surface area contributed by atoms with Gasteiger partial charge < -0.3 is 5.73 Å². The Hall–Kier alpha value is -0.400. The summed E-state index contributed by atoms with van der Waals surface area (Å²) in [7, 11) is -3.53. The second-order valence-electron chi connectivity index (χ2n) is 5.87. The van der Waals surface area contributed by atoms with Gasteiger partial charge in [0, 0.05) is 22.0 Å². The van der Waals surface area contributed by atoms with E-state index in [1.807, 2.05) is 45.0 Å². The first kappa shape index (κ1) is 21.6. The van der Waals surface area contributed by atoms with Crippen LogP contribution in [-0.2, 0) is 10.0 Å². The van der Waals surface area contributed by atoms with Crippen molar-refractivity contribution in [1.82, 2.24) is 4.72 Å². The van der Waals surface area contributed by atoms with Gasteiger partial charge in [-0.2, -0.15) is 0 Å². The van der Waals surface area contributed by atoms with Gasteiger partial charge in [-0.05, 0) is 43.0 Å². The number of hydrogen-bond donors (Lipinski definition) is 2. The first-order valence-corrected chi connectivity index (χ1v) is 9.17. The molecule has 1 unspecified atom stereocenters. The highest BCUT2D eigenvalue weighted by Gasteiger charge is 2.28. The van der Waals surface area contributed by atoms with E-state index >= 15 is 0 Å². The first-order valence-electron chi connectivity index (χ1n) is 6.83.